The summed E-state index contributed by atoms with van der Waals surface area (Å²) in [5, 5.41) is 7.63. The van der Waals surface area contributed by atoms with Crippen molar-refractivity contribution in [2.75, 3.05) is 9.80 Å². The number of anilines is 6. The highest BCUT2D eigenvalue weighted by molar-refractivity contribution is 7.26. The molecule has 3 nitrogen and oxygen atoms in total. The first kappa shape index (κ1) is 58.2. The van der Waals surface area contributed by atoms with Crippen LogP contribution in [0.2, 0.25) is 0 Å². The monoisotopic (exact) mass is 1340 g/mol. The van der Waals surface area contributed by atoms with Crippen LogP contribution in [0, 0.1) is 40.9 Å². The minimum absolute atomic E-state index is 0.246. The fraction of sp³-hybridized carbons (Fsp3) is 0.250. The van der Waals surface area contributed by atoms with Crippen LogP contribution in [0.1, 0.15) is 113 Å². The first-order chi connectivity index (χ1) is 49.5. The molecule has 8 fully saturated rings. The number of furan rings is 1. The summed E-state index contributed by atoms with van der Waals surface area (Å²) in [4.78, 5) is 4.97. The van der Waals surface area contributed by atoms with Gasteiger partial charge in [-0.3, -0.25) is 0 Å². The van der Waals surface area contributed by atoms with E-state index in [-0.39, 0.29) is 5.41 Å². The standard InChI is InChI=1S/C96H78N2OS2/c1-93(2)84-45-64(22-37-77(84)78-39-35-73(48-85(78)93)97(71-31-23-65(24-32-71)94-50-57-41-58(51-94)43-59(42-57)52-94)70-29-19-62(20-30-70)76-12-7-13-82-81-10-4-6-15-88(81)101-92(76)82)75-11-8-16-89-91(75)83-38-21-63(46-90(83)100-89)61-17-27-69(28-18-61)98(74-36-40-80-79-9-3-5-14-86(79)99-87(80)49-74)72-33-25-66(26-34-72)95-53-60-44-67-47-68(55-95)96(67,54-60)56-95/h3-40,45-46,48-49,57-60,67-68H,41-44,47,50-56H2,1-2H3. The summed E-state index contributed by atoms with van der Waals surface area (Å²) < 4.78 is 11.9. The summed E-state index contributed by atoms with van der Waals surface area (Å²) in [6.07, 6.45) is 17.2. The quantitative estimate of drug-likeness (QED) is 0.129. The van der Waals surface area contributed by atoms with Gasteiger partial charge in [-0.1, -0.05) is 159 Å². The Kier molecular flexibility index (Phi) is 12.1. The predicted octanol–water partition coefficient (Wildman–Crippen LogP) is 27.5. The van der Waals surface area contributed by atoms with E-state index in [1.54, 1.807) is 11.1 Å². The van der Waals surface area contributed by atoms with Crippen LogP contribution in [0.15, 0.2) is 259 Å². The Morgan fingerprint density at radius 2 is 0.891 bits per heavy atom. The Morgan fingerprint density at radius 1 is 0.337 bits per heavy atom. The molecule has 3 aromatic heterocycles. The number of para-hydroxylation sites is 1. The van der Waals surface area contributed by atoms with Crippen LogP contribution in [-0.4, -0.2) is 0 Å². The lowest BCUT2D eigenvalue weighted by molar-refractivity contribution is -0.00518. The van der Waals surface area contributed by atoms with E-state index in [1.165, 1.54) is 196 Å². The molecule has 5 unspecified atom stereocenters. The van der Waals surface area contributed by atoms with Crippen molar-refractivity contribution in [1.29, 1.82) is 0 Å². The SMILES string of the molecule is CC1(C)c2cc(-c3cccc4sc5cc(-c6ccc(N(c7ccc(C89CC%10CC%11CC(C8)C%11(C%10)C9)cc7)c7ccc8c(c7)oc7ccccc78)cc6)ccc5c34)ccc2-c2ccc(N(c3ccc(-c4cccc5c4sc4ccccc45)cc3)c3ccc(C45CC6CC(CC(C6)C4)C5)cc3)cc21. The van der Waals surface area contributed by atoms with Gasteiger partial charge in [0.15, 0.2) is 0 Å². The van der Waals surface area contributed by atoms with Crippen LogP contribution in [-0.2, 0) is 16.2 Å². The first-order valence-electron chi connectivity index (χ1n) is 37.6. The van der Waals surface area contributed by atoms with Gasteiger partial charge in [-0.15, -0.1) is 22.7 Å². The van der Waals surface area contributed by atoms with Gasteiger partial charge < -0.3 is 14.2 Å². The average molecular weight is 1340 g/mol. The smallest absolute Gasteiger partial charge is 0.137 e. The molecule has 3 heterocycles. The van der Waals surface area contributed by atoms with Crippen molar-refractivity contribution in [3.05, 3.63) is 277 Å². The minimum atomic E-state index is -0.246. The predicted molar refractivity (Wildman–Crippen MR) is 425 cm³/mol. The third-order valence-electron chi connectivity index (χ3n) is 27.6. The van der Waals surface area contributed by atoms with Gasteiger partial charge in [0.2, 0.25) is 0 Å². The molecule has 101 heavy (non-hydrogen) atoms. The van der Waals surface area contributed by atoms with Gasteiger partial charge in [-0.25, -0.2) is 0 Å². The van der Waals surface area contributed by atoms with E-state index in [2.05, 4.69) is 278 Å². The molecule has 0 amide bonds. The number of rotatable bonds is 11. The second kappa shape index (κ2) is 21.1. The first-order valence-corrected chi connectivity index (χ1v) is 39.3. The zero-order valence-electron chi connectivity index (χ0n) is 57.3. The lowest BCUT2D eigenvalue weighted by Gasteiger charge is -2.57. The molecule has 9 aliphatic carbocycles. The fourth-order valence-electron chi connectivity index (χ4n) is 23.7. The Labute approximate surface area is 598 Å². The zero-order valence-corrected chi connectivity index (χ0v) is 59.0. The van der Waals surface area contributed by atoms with Gasteiger partial charge in [0, 0.05) is 96.7 Å². The van der Waals surface area contributed by atoms with E-state index < -0.39 is 0 Å². The maximum Gasteiger partial charge on any atom is 0.137 e. The molecule has 0 saturated heterocycles. The van der Waals surface area contributed by atoms with Gasteiger partial charge in [0.05, 0.1) is 0 Å². The molecule has 15 aromatic rings. The zero-order chi connectivity index (χ0) is 66.2. The van der Waals surface area contributed by atoms with Crippen LogP contribution in [0.25, 0.3) is 107 Å². The van der Waals surface area contributed by atoms with Crippen molar-refractivity contribution >= 4 is 119 Å². The van der Waals surface area contributed by atoms with Gasteiger partial charge >= 0.3 is 0 Å². The summed E-state index contributed by atoms with van der Waals surface area (Å²) in [7, 11) is 0. The third-order valence-corrected chi connectivity index (χ3v) is 30.0. The molecule has 5 atom stereocenters. The fourth-order valence-corrected chi connectivity index (χ4v) is 26.1. The highest BCUT2D eigenvalue weighted by atomic mass is 32.1. The van der Waals surface area contributed by atoms with Gasteiger partial charge in [-0.2, -0.15) is 0 Å². The molecule has 0 N–H and O–H groups in total. The maximum absolute atomic E-state index is 6.54. The van der Waals surface area contributed by atoms with Gasteiger partial charge in [-0.05, 0) is 299 Å². The molecule has 490 valence electrons. The van der Waals surface area contributed by atoms with E-state index in [4.69, 9.17) is 4.42 Å². The Morgan fingerprint density at radius 3 is 1.64 bits per heavy atom. The molecule has 0 radical (unpaired) electrons. The van der Waals surface area contributed by atoms with E-state index in [9.17, 15) is 0 Å². The summed E-state index contributed by atoms with van der Waals surface area (Å²) in [5.74, 6) is 5.59. The lowest BCUT2D eigenvalue weighted by Crippen LogP contribution is -2.48. The number of hydrogen-bond acceptors (Lipinski definition) is 5. The van der Waals surface area contributed by atoms with Crippen molar-refractivity contribution in [3.8, 4) is 44.5 Å². The minimum Gasteiger partial charge on any atom is -0.456 e. The highest BCUT2D eigenvalue weighted by Gasteiger charge is 2.71. The number of fused-ring (bicyclic) bond motifs is 14. The Balaban J connectivity index is 0.563. The summed E-state index contributed by atoms with van der Waals surface area (Å²) >= 11 is 3.82. The number of nitrogens with zero attached hydrogens (tertiary/aromatic N) is 2. The number of benzene rings is 12. The maximum atomic E-state index is 6.54. The molecular formula is C96H78N2OS2. The Bertz CT molecular complexity index is 5930. The molecule has 5 heteroatoms. The molecule has 24 rings (SSSR count). The summed E-state index contributed by atoms with van der Waals surface area (Å²) in [6, 6.07) is 98.2. The highest BCUT2D eigenvalue weighted by Crippen LogP contribution is 2.79. The van der Waals surface area contributed by atoms with Crippen LogP contribution < -0.4 is 9.80 Å². The third kappa shape index (κ3) is 8.51. The van der Waals surface area contributed by atoms with Gasteiger partial charge in [0.25, 0.3) is 0 Å². The van der Waals surface area contributed by atoms with Crippen molar-refractivity contribution < 1.29 is 4.42 Å². The average Bonchev–Trinajstić information content (AvgIpc) is 1.51. The number of hydrogen-bond donors (Lipinski definition) is 0. The van der Waals surface area contributed by atoms with Crippen molar-refractivity contribution in [2.45, 2.75) is 107 Å². The molecule has 7 bridgehead atoms. The largest absolute Gasteiger partial charge is 0.456 e. The van der Waals surface area contributed by atoms with Gasteiger partial charge in [0.1, 0.15) is 11.2 Å². The normalized spacial score (nSPS) is 25.2. The summed E-state index contributed by atoms with van der Waals surface area (Å²) in [6.45, 7) is 4.90. The van der Waals surface area contributed by atoms with Crippen molar-refractivity contribution in [2.24, 2.45) is 40.9 Å². The second-order valence-corrected chi connectivity index (χ2v) is 35.4. The van der Waals surface area contributed by atoms with Crippen molar-refractivity contribution in [1.82, 2.24) is 0 Å². The second-order valence-electron chi connectivity index (χ2n) is 33.3. The number of thiophene rings is 2. The van der Waals surface area contributed by atoms with E-state index in [0.29, 0.717) is 16.2 Å². The molecule has 8 saturated carbocycles. The Hall–Kier alpha value is -9.52. The van der Waals surface area contributed by atoms with Crippen molar-refractivity contribution in [3.63, 3.8) is 0 Å². The van der Waals surface area contributed by atoms with Crippen LogP contribution in [0.4, 0.5) is 34.1 Å². The van der Waals surface area contributed by atoms with E-state index in [0.717, 1.165) is 68.8 Å². The molecule has 0 aliphatic heterocycles. The topological polar surface area (TPSA) is 19.6 Å². The van der Waals surface area contributed by atoms with E-state index >= 15 is 0 Å². The molecule has 1 spiro atoms. The van der Waals surface area contributed by atoms with Crippen LogP contribution in [0.5, 0.6) is 0 Å². The van der Waals surface area contributed by atoms with Crippen LogP contribution >= 0.6 is 22.7 Å². The van der Waals surface area contributed by atoms with E-state index in [1.807, 2.05) is 22.7 Å². The lowest BCUT2D eigenvalue weighted by atomic mass is 9.48. The molecular weight excluding hydrogens is 1260 g/mol. The molecule has 9 aliphatic rings. The van der Waals surface area contributed by atoms with Crippen LogP contribution in [0.3, 0.4) is 0 Å². The molecule has 12 aromatic carbocycles. The summed E-state index contributed by atoms with van der Waals surface area (Å²) in [5.41, 5.74) is 26.0.